The zero-order valence-electron chi connectivity index (χ0n) is 20.0. The summed E-state index contributed by atoms with van der Waals surface area (Å²) in [6.45, 7) is 2.93. The minimum absolute atomic E-state index is 0.109. The van der Waals surface area contributed by atoms with Crippen LogP contribution in [-0.2, 0) is 4.79 Å². The van der Waals surface area contributed by atoms with E-state index in [1.807, 2.05) is 22.8 Å². The van der Waals surface area contributed by atoms with E-state index in [9.17, 15) is 4.79 Å². The van der Waals surface area contributed by atoms with E-state index in [4.69, 9.17) is 10.1 Å². The highest BCUT2D eigenvalue weighted by Gasteiger charge is 2.37. The summed E-state index contributed by atoms with van der Waals surface area (Å²) >= 11 is 0. The van der Waals surface area contributed by atoms with Crippen molar-refractivity contribution < 1.29 is 4.79 Å². The van der Waals surface area contributed by atoms with Gasteiger partial charge in [0.15, 0.2) is 11.6 Å². The van der Waals surface area contributed by atoms with Gasteiger partial charge in [-0.1, -0.05) is 0 Å². The summed E-state index contributed by atoms with van der Waals surface area (Å²) in [7, 11) is 0. The molecule has 2 atom stereocenters. The molecule has 4 fully saturated rings. The number of aromatic nitrogens is 5. The summed E-state index contributed by atoms with van der Waals surface area (Å²) in [4.78, 5) is 22.9. The third-order valence-corrected chi connectivity index (χ3v) is 7.92. The van der Waals surface area contributed by atoms with Gasteiger partial charge in [0.05, 0.1) is 0 Å². The Balaban J connectivity index is 1.10. The largest absolute Gasteiger partial charge is 0.350 e. The topological polar surface area (TPSA) is 106 Å². The zero-order chi connectivity index (χ0) is 23.4. The predicted octanol–water partition coefficient (Wildman–Crippen LogP) is 2.79. The van der Waals surface area contributed by atoms with Crippen LogP contribution in [0.15, 0.2) is 24.4 Å². The molecule has 2 saturated carbocycles. The van der Waals surface area contributed by atoms with Crippen LogP contribution >= 0.6 is 0 Å². The van der Waals surface area contributed by atoms with Gasteiger partial charge in [-0.2, -0.15) is 10.1 Å². The van der Waals surface area contributed by atoms with Gasteiger partial charge < -0.3 is 15.5 Å². The number of rotatable bonds is 7. The number of H-pyrrole nitrogens is 1. The number of likely N-dealkylation sites (tertiary alicyclic amines) is 1. The van der Waals surface area contributed by atoms with Gasteiger partial charge in [-0.3, -0.25) is 14.8 Å². The fraction of sp³-hybridized carbons (Fsp3) is 0.600. The van der Waals surface area contributed by atoms with Crippen molar-refractivity contribution in [2.45, 2.75) is 75.4 Å². The maximum Gasteiger partial charge on any atom is 0.246 e. The number of anilines is 3. The van der Waals surface area contributed by atoms with Gasteiger partial charge in [0.1, 0.15) is 11.6 Å². The smallest absolute Gasteiger partial charge is 0.246 e. The van der Waals surface area contributed by atoms with E-state index in [1.54, 1.807) is 0 Å². The molecule has 184 valence electrons. The van der Waals surface area contributed by atoms with E-state index in [2.05, 4.69) is 36.7 Å². The number of carbonyl (C=O) groups is 1. The number of hydrogen-bond acceptors (Lipinski definition) is 7. The van der Waals surface area contributed by atoms with E-state index >= 15 is 0 Å². The number of amides is 1. The third kappa shape index (κ3) is 4.24. The molecule has 2 saturated heterocycles. The average Bonchev–Trinajstić information content (AvgIpc) is 3.74. The Kier molecular flexibility index (Phi) is 5.15. The van der Waals surface area contributed by atoms with Crippen molar-refractivity contribution >= 4 is 29.0 Å². The summed E-state index contributed by atoms with van der Waals surface area (Å²) in [5.74, 6) is 2.75. The van der Waals surface area contributed by atoms with Gasteiger partial charge in [-0.15, -0.1) is 5.10 Å². The standard InChI is InChI=1S/C25H33N9O/c35-24(26-17-4-1-11-32(15-17)18-9-10-18)21-6-2-12-33(21)25-28-23(20-5-3-13-34(20)31-25)27-22-14-19(29-30-22)16-7-8-16/h3,5,13-14,16-18,21H,1-2,4,6-12,15H2,(H,26,35)(H2,27,28,29,30,31)/t17-,21+/m1/s1. The van der Waals surface area contributed by atoms with Gasteiger partial charge >= 0.3 is 0 Å². The van der Waals surface area contributed by atoms with E-state index in [0.29, 0.717) is 17.7 Å². The van der Waals surface area contributed by atoms with Crippen LogP contribution < -0.4 is 15.5 Å². The van der Waals surface area contributed by atoms with Crippen LogP contribution in [0.1, 0.15) is 63.0 Å². The number of aromatic amines is 1. The lowest BCUT2D eigenvalue weighted by Crippen LogP contribution is -2.53. The van der Waals surface area contributed by atoms with Crippen LogP contribution in [0.5, 0.6) is 0 Å². The molecule has 2 aliphatic carbocycles. The first kappa shape index (κ1) is 21.2. The van der Waals surface area contributed by atoms with Gasteiger partial charge in [-0.05, 0) is 70.0 Å². The van der Waals surface area contributed by atoms with Gasteiger partial charge in [0, 0.05) is 49.0 Å². The number of fused-ring (bicyclic) bond motifs is 1. The molecule has 0 spiro atoms. The van der Waals surface area contributed by atoms with Crippen molar-refractivity contribution in [2.75, 3.05) is 29.9 Å². The minimum Gasteiger partial charge on any atom is -0.350 e. The monoisotopic (exact) mass is 475 g/mol. The second kappa shape index (κ2) is 8.51. The minimum atomic E-state index is -0.237. The molecular weight excluding hydrogens is 442 g/mol. The highest BCUT2D eigenvalue weighted by atomic mass is 16.2. The second-order valence-electron chi connectivity index (χ2n) is 10.6. The lowest BCUT2D eigenvalue weighted by molar-refractivity contribution is -0.123. The maximum atomic E-state index is 13.4. The molecule has 0 radical (unpaired) electrons. The Morgan fingerprint density at radius 1 is 1.09 bits per heavy atom. The maximum absolute atomic E-state index is 13.4. The Labute approximate surface area is 204 Å². The van der Waals surface area contributed by atoms with Crippen molar-refractivity contribution in [2.24, 2.45) is 0 Å². The summed E-state index contributed by atoms with van der Waals surface area (Å²) in [6.07, 6.45) is 11.0. The quantitative estimate of drug-likeness (QED) is 0.482. The van der Waals surface area contributed by atoms with E-state index in [-0.39, 0.29) is 18.0 Å². The molecule has 0 aromatic carbocycles. The molecule has 5 heterocycles. The number of nitrogens with zero attached hydrogens (tertiary/aromatic N) is 6. The summed E-state index contributed by atoms with van der Waals surface area (Å²) in [5, 5.41) is 19.1. The molecule has 0 bridgehead atoms. The molecule has 35 heavy (non-hydrogen) atoms. The summed E-state index contributed by atoms with van der Waals surface area (Å²) < 4.78 is 1.83. The normalized spacial score (nSPS) is 25.3. The number of carbonyl (C=O) groups excluding carboxylic acids is 1. The molecule has 2 aliphatic heterocycles. The Morgan fingerprint density at radius 3 is 2.83 bits per heavy atom. The van der Waals surface area contributed by atoms with Crippen LogP contribution in [0.2, 0.25) is 0 Å². The lowest BCUT2D eigenvalue weighted by Gasteiger charge is -2.34. The van der Waals surface area contributed by atoms with E-state index in [1.165, 1.54) is 37.9 Å². The van der Waals surface area contributed by atoms with Gasteiger partial charge in [-0.25, -0.2) is 4.52 Å². The second-order valence-corrected chi connectivity index (χ2v) is 10.6. The van der Waals surface area contributed by atoms with E-state index < -0.39 is 0 Å². The number of hydrogen-bond donors (Lipinski definition) is 3. The number of nitrogens with one attached hydrogen (secondary N) is 3. The van der Waals surface area contributed by atoms with Crippen LogP contribution in [0.4, 0.5) is 17.6 Å². The van der Waals surface area contributed by atoms with Gasteiger partial charge in [0.25, 0.3) is 0 Å². The van der Waals surface area contributed by atoms with Crippen LogP contribution in [0, 0.1) is 0 Å². The van der Waals surface area contributed by atoms with Crippen molar-refractivity contribution in [3.8, 4) is 0 Å². The Morgan fingerprint density at radius 2 is 1.97 bits per heavy atom. The fourth-order valence-corrected chi connectivity index (χ4v) is 5.73. The van der Waals surface area contributed by atoms with Crippen LogP contribution in [-0.4, -0.2) is 73.4 Å². The molecule has 10 nitrogen and oxygen atoms in total. The van der Waals surface area contributed by atoms with Gasteiger partial charge in [0.2, 0.25) is 11.9 Å². The highest BCUT2D eigenvalue weighted by molar-refractivity contribution is 5.86. The average molecular weight is 476 g/mol. The summed E-state index contributed by atoms with van der Waals surface area (Å²) in [5.41, 5.74) is 2.06. The molecule has 0 unspecified atom stereocenters. The first-order valence-corrected chi connectivity index (χ1v) is 13.2. The van der Waals surface area contributed by atoms with Crippen LogP contribution in [0.25, 0.3) is 5.52 Å². The van der Waals surface area contributed by atoms with Crippen molar-refractivity contribution in [3.63, 3.8) is 0 Å². The third-order valence-electron chi connectivity index (χ3n) is 7.92. The van der Waals surface area contributed by atoms with Crippen LogP contribution in [0.3, 0.4) is 0 Å². The Hall–Kier alpha value is -3.14. The number of piperidine rings is 1. The van der Waals surface area contributed by atoms with Crippen molar-refractivity contribution in [3.05, 3.63) is 30.1 Å². The first-order valence-electron chi connectivity index (χ1n) is 13.2. The van der Waals surface area contributed by atoms with Crippen molar-refractivity contribution in [1.82, 2.24) is 35.0 Å². The molecular formula is C25H33N9O. The molecule has 1 amide bonds. The molecule has 3 aromatic heterocycles. The molecule has 7 rings (SSSR count). The first-order chi connectivity index (χ1) is 17.2. The zero-order valence-corrected chi connectivity index (χ0v) is 20.0. The van der Waals surface area contributed by atoms with Crippen molar-refractivity contribution in [1.29, 1.82) is 0 Å². The SMILES string of the molecule is O=C(N[C@@H]1CCCN(C2CC2)C1)[C@@H]1CCCN1c1nc(Nc2cc(C3CC3)[nH]n2)c2cccn2n1. The highest BCUT2D eigenvalue weighted by Crippen LogP contribution is 2.40. The Bertz CT molecular complexity index is 1230. The molecule has 10 heteroatoms. The molecule has 3 aromatic rings. The fourth-order valence-electron chi connectivity index (χ4n) is 5.73. The van der Waals surface area contributed by atoms with E-state index in [0.717, 1.165) is 56.1 Å². The predicted molar refractivity (Wildman–Crippen MR) is 133 cm³/mol. The molecule has 3 N–H and O–H groups in total. The summed E-state index contributed by atoms with van der Waals surface area (Å²) in [6, 6.07) is 6.77. The lowest BCUT2D eigenvalue weighted by atomic mass is 10.0. The molecule has 4 aliphatic rings.